The third kappa shape index (κ3) is 11.9. The summed E-state index contributed by atoms with van der Waals surface area (Å²) < 4.78 is 21.6. The Kier molecular flexibility index (Phi) is 14.7. The second-order valence-corrected chi connectivity index (χ2v) is 21.1. The first-order valence-corrected chi connectivity index (χ1v) is 19.5. The third-order valence-electron chi connectivity index (χ3n) is 11.1. The van der Waals surface area contributed by atoms with Crippen molar-refractivity contribution in [3.8, 4) is 0 Å². The van der Waals surface area contributed by atoms with Crippen molar-refractivity contribution in [1.29, 1.82) is 0 Å². The summed E-state index contributed by atoms with van der Waals surface area (Å²) in [5.74, 6) is -0.625. The molecule has 3 amide bonds. The number of ether oxygens (including phenoxy) is 4. The lowest BCUT2D eigenvalue weighted by atomic mass is 9.85. The zero-order chi connectivity index (χ0) is 43.9. The second kappa shape index (κ2) is 16.9. The number of hydrogen-bond acceptors (Lipinski definition) is 11. The summed E-state index contributed by atoms with van der Waals surface area (Å²) in [5, 5.41) is 14.1. The highest BCUT2D eigenvalue weighted by Crippen LogP contribution is 2.66. The Balaban J connectivity index is 0.000000317. The summed E-state index contributed by atoms with van der Waals surface area (Å²) in [5.41, 5.74) is -2.12. The van der Waals surface area contributed by atoms with Crippen LogP contribution >= 0.6 is 11.8 Å². The number of likely N-dealkylation sites (tertiary alicyclic amines) is 1. The quantitative estimate of drug-likeness (QED) is 0.165. The average Bonchev–Trinajstić information content (AvgIpc) is 3.49. The number of alkyl carbamates (subject to hydrolysis) is 2. The molecular formula is C40H69ClN4O11. The van der Waals surface area contributed by atoms with Gasteiger partial charge in [-0.25, -0.2) is 23.6 Å². The maximum Gasteiger partial charge on any atom is 0.408 e. The van der Waals surface area contributed by atoms with Crippen LogP contribution < -0.4 is 10.6 Å². The number of carboxylic acid groups (broad SMARTS) is 1. The number of methoxy groups -OCH3 is 2. The Labute approximate surface area is 338 Å². The van der Waals surface area contributed by atoms with E-state index in [0.29, 0.717) is 18.4 Å². The highest BCUT2D eigenvalue weighted by molar-refractivity contribution is 6.15. The Hall–Kier alpha value is -3.33. The van der Waals surface area contributed by atoms with Crippen LogP contribution in [0.3, 0.4) is 0 Å². The number of rotatable bonds is 6. The normalized spacial score (nSPS) is 26.9. The maximum atomic E-state index is 13.3. The molecule has 0 aromatic heterocycles. The number of nitrogens with one attached hydrogen (secondary N) is 2. The zero-order valence-corrected chi connectivity index (χ0v) is 37.6. The van der Waals surface area contributed by atoms with Crippen LogP contribution in [0.2, 0.25) is 0 Å². The highest BCUT2D eigenvalue weighted by Gasteiger charge is 2.70. The number of aliphatic carboxylic acids is 1. The molecule has 322 valence electrons. The van der Waals surface area contributed by atoms with Gasteiger partial charge in [0.05, 0.1) is 14.2 Å². The number of fused-ring (bicyclic) bond motifs is 2. The van der Waals surface area contributed by atoms with Crippen molar-refractivity contribution >= 4 is 47.8 Å². The summed E-state index contributed by atoms with van der Waals surface area (Å²) in [6.07, 6.45) is -1.36. The van der Waals surface area contributed by atoms with Crippen molar-refractivity contribution in [2.24, 2.45) is 45.3 Å². The van der Waals surface area contributed by atoms with E-state index >= 15 is 0 Å². The molecule has 3 N–H and O–H groups in total. The van der Waals surface area contributed by atoms with Gasteiger partial charge in [-0.15, -0.1) is 0 Å². The second-order valence-electron chi connectivity index (χ2n) is 20.6. The number of piperidine rings is 2. The molecule has 2 saturated heterocycles. The van der Waals surface area contributed by atoms with E-state index in [-0.39, 0.29) is 40.6 Å². The summed E-state index contributed by atoms with van der Waals surface area (Å²) in [6, 6.07) is -2.61. The van der Waals surface area contributed by atoms with Crippen molar-refractivity contribution in [3.05, 3.63) is 0 Å². The first kappa shape index (κ1) is 48.8. The Morgan fingerprint density at radius 3 is 1.34 bits per heavy atom. The van der Waals surface area contributed by atoms with Crippen molar-refractivity contribution in [2.75, 3.05) is 27.3 Å². The van der Waals surface area contributed by atoms with Crippen molar-refractivity contribution in [2.45, 2.75) is 146 Å². The molecule has 0 bridgehead atoms. The molecule has 2 saturated carbocycles. The summed E-state index contributed by atoms with van der Waals surface area (Å²) in [4.78, 5) is 73.4. The lowest BCUT2D eigenvalue weighted by molar-refractivity contribution is -0.154. The van der Waals surface area contributed by atoms with Gasteiger partial charge in [0.1, 0.15) is 35.4 Å². The van der Waals surface area contributed by atoms with Crippen molar-refractivity contribution in [3.63, 3.8) is 0 Å². The largest absolute Gasteiger partial charge is 0.480 e. The maximum absolute atomic E-state index is 13.3. The SMILES string of the molecule is CC(C)(C)OC(=O)N[C@H](C(=O)O)C(C)(C)C.COC(=O)[C@@H]1C2C(CN1C(=O)[C@@H](NC(=O)OC(C)(C)C)C(C)(C)C)C2(C)C.COC(=O)[C@@H]1C2C(CN1Cl)C2(C)C. The average molecular weight is 817 g/mol. The minimum atomic E-state index is -1.07. The number of carbonyl (C=O) groups is 6. The molecule has 2 aliphatic carbocycles. The number of carboxylic acids is 1. The minimum Gasteiger partial charge on any atom is -0.480 e. The van der Waals surface area contributed by atoms with Crippen LogP contribution in [0, 0.1) is 45.3 Å². The molecule has 4 rings (SSSR count). The first-order chi connectivity index (χ1) is 25.0. The number of nitrogens with zero attached hydrogens (tertiary/aromatic N) is 2. The fraction of sp³-hybridized carbons (Fsp3) is 0.850. The van der Waals surface area contributed by atoms with Gasteiger partial charge in [0, 0.05) is 19.0 Å². The lowest BCUT2D eigenvalue weighted by Gasteiger charge is -2.37. The number of amides is 3. The third-order valence-corrected chi connectivity index (χ3v) is 11.4. The molecule has 4 fully saturated rings. The molecule has 15 nitrogen and oxygen atoms in total. The Morgan fingerprint density at radius 1 is 0.643 bits per heavy atom. The van der Waals surface area contributed by atoms with Crippen LogP contribution in [-0.4, -0.2) is 113 Å². The standard InChI is InChI=1S/C20H34N2O5.C11H21NO4.C9H14ClNO2/c1-18(2,3)14(21-17(25)27-19(4,5)6)15(23)22-10-11-12(20(11,7)8)13(22)16(24)26-9;1-10(2,3)7(8(13)14)12-9(15)16-11(4,5)6;1-9(2)5-4-11(10)7(6(5)9)8(12)13-3/h11-14H,10H2,1-9H3,(H,21,25);7H,1-6H3,(H,12,15)(H,13,14);5-7H,4H2,1-3H3/t11?,12?,13-,14+;7-;5?,6?,7-/m010/s1. The summed E-state index contributed by atoms with van der Waals surface area (Å²) in [7, 11) is 2.75. The van der Waals surface area contributed by atoms with E-state index in [1.54, 1.807) is 71.6 Å². The molecule has 0 aromatic carbocycles. The van der Waals surface area contributed by atoms with Gasteiger partial charge in [0.2, 0.25) is 5.91 Å². The molecule has 4 aliphatic rings. The smallest absolute Gasteiger partial charge is 0.408 e. The lowest BCUT2D eigenvalue weighted by Crippen LogP contribution is -2.58. The molecule has 0 aromatic rings. The minimum absolute atomic E-state index is 0.0193. The van der Waals surface area contributed by atoms with Gasteiger partial charge < -0.3 is 39.6 Å². The van der Waals surface area contributed by atoms with Crippen LogP contribution in [0.15, 0.2) is 0 Å². The van der Waals surface area contributed by atoms with Gasteiger partial charge in [-0.1, -0.05) is 69.2 Å². The molecule has 0 spiro atoms. The Morgan fingerprint density at radius 2 is 1.00 bits per heavy atom. The fourth-order valence-electron chi connectivity index (χ4n) is 7.84. The van der Waals surface area contributed by atoms with Gasteiger partial charge in [-0.2, -0.15) is 0 Å². The van der Waals surface area contributed by atoms with E-state index in [0.717, 1.165) is 6.54 Å². The van der Waals surface area contributed by atoms with Crippen LogP contribution in [0.4, 0.5) is 9.59 Å². The number of halogens is 1. The number of carbonyl (C=O) groups excluding carboxylic acids is 5. The Bertz CT molecular complexity index is 1490. The van der Waals surface area contributed by atoms with E-state index in [9.17, 15) is 28.8 Å². The van der Waals surface area contributed by atoms with E-state index in [2.05, 4.69) is 38.3 Å². The highest BCUT2D eigenvalue weighted by atomic mass is 35.5. The van der Waals surface area contributed by atoms with E-state index < -0.39 is 64.3 Å². The van der Waals surface area contributed by atoms with Crippen molar-refractivity contribution < 1.29 is 52.8 Å². The topological polar surface area (TPSA) is 190 Å². The molecule has 0 radical (unpaired) electrons. The first-order valence-electron chi connectivity index (χ1n) is 19.1. The van der Waals surface area contributed by atoms with Crippen molar-refractivity contribution in [1.82, 2.24) is 20.0 Å². The zero-order valence-electron chi connectivity index (χ0n) is 36.8. The summed E-state index contributed by atoms with van der Waals surface area (Å²) in [6.45, 7) is 31.2. The van der Waals surface area contributed by atoms with Gasteiger partial charge in [-0.3, -0.25) is 9.59 Å². The monoisotopic (exact) mass is 816 g/mol. The molecule has 16 heteroatoms. The number of hydrogen-bond donors (Lipinski definition) is 3. The molecule has 2 heterocycles. The molecule has 2 aliphatic heterocycles. The van der Waals surface area contributed by atoms with Crippen LogP contribution in [-0.2, 0) is 38.1 Å². The van der Waals surface area contributed by atoms with Crippen LogP contribution in [0.1, 0.15) is 111 Å². The molecule has 8 atom stereocenters. The van der Waals surface area contributed by atoms with Crippen LogP contribution in [0.5, 0.6) is 0 Å². The number of esters is 2. The van der Waals surface area contributed by atoms with Gasteiger partial charge >= 0.3 is 30.1 Å². The predicted octanol–water partition coefficient (Wildman–Crippen LogP) is 5.86. The van der Waals surface area contributed by atoms with Gasteiger partial charge in [0.25, 0.3) is 0 Å². The van der Waals surface area contributed by atoms with E-state index in [1.165, 1.54) is 14.2 Å². The molecule has 4 unspecified atom stereocenters. The molecular weight excluding hydrogens is 748 g/mol. The van der Waals surface area contributed by atoms with E-state index in [4.69, 9.17) is 35.8 Å². The van der Waals surface area contributed by atoms with Gasteiger partial charge in [0.15, 0.2) is 0 Å². The predicted molar refractivity (Wildman–Crippen MR) is 210 cm³/mol. The van der Waals surface area contributed by atoms with Gasteiger partial charge in [-0.05, 0) is 92.7 Å². The molecule has 56 heavy (non-hydrogen) atoms. The fourth-order valence-corrected chi connectivity index (χ4v) is 8.19. The van der Waals surface area contributed by atoms with E-state index in [1.807, 2.05) is 20.8 Å². The van der Waals surface area contributed by atoms with Crippen LogP contribution in [0.25, 0.3) is 0 Å². The summed E-state index contributed by atoms with van der Waals surface area (Å²) >= 11 is 5.94.